The monoisotopic (exact) mass is 134 g/mol. The third kappa shape index (κ3) is 1.21. The Kier molecular flexibility index (Phi) is 2.10. The summed E-state index contributed by atoms with van der Waals surface area (Å²) in [5, 5.41) is 0. The molecule has 1 rings (SSSR count). The third-order valence-electron chi connectivity index (χ3n) is 2.24. The average Bonchev–Trinajstić information content (AvgIpc) is 2.20. The number of allylic oxidation sites excluding steroid dienone is 4. The van der Waals surface area contributed by atoms with Crippen LogP contribution in [-0.4, -0.2) is 0 Å². The van der Waals surface area contributed by atoms with Gasteiger partial charge in [-0.3, -0.25) is 0 Å². The molecule has 0 radical (unpaired) electrons. The quantitative estimate of drug-likeness (QED) is 0.483. The van der Waals surface area contributed by atoms with Crippen molar-refractivity contribution in [1.82, 2.24) is 0 Å². The fraction of sp³-hybridized carbons (Fsp3) is 0.400. The van der Waals surface area contributed by atoms with Crippen molar-refractivity contribution in [1.29, 1.82) is 0 Å². The van der Waals surface area contributed by atoms with Crippen molar-refractivity contribution in [2.45, 2.75) is 19.8 Å². The zero-order chi connectivity index (χ0) is 7.56. The van der Waals surface area contributed by atoms with E-state index in [4.69, 9.17) is 0 Å². The summed E-state index contributed by atoms with van der Waals surface area (Å²) in [6.45, 7) is 9.88. The molecule has 1 atom stereocenters. The minimum atomic E-state index is 0.595. The normalized spacial score (nSPS) is 29.5. The highest BCUT2D eigenvalue weighted by molar-refractivity contribution is 5.27. The number of hydrogen-bond acceptors (Lipinski definition) is 0. The summed E-state index contributed by atoms with van der Waals surface area (Å²) in [4.78, 5) is 0. The van der Waals surface area contributed by atoms with Crippen LogP contribution in [0.4, 0.5) is 0 Å². The van der Waals surface area contributed by atoms with E-state index in [1.165, 1.54) is 24.0 Å². The van der Waals surface area contributed by atoms with Gasteiger partial charge in [0.2, 0.25) is 0 Å². The molecule has 0 nitrogen and oxygen atoms in total. The first-order chi connectivity index (χ1) is 4.75. The smallest absolute Gasteiger partial charge is 0.00208 e. The van der Waals surface area contributed by atoms with Crippen molar-refractivity contribution in [2.24, 2.45) is 5.92 Å². The lowest BCUT2D eigenvalue weighted by molar-refractivity contribution is 0.860. The molecule has 0 amide bonds. The summed E-state index contributed by atoms with van der Waals surface area (Å²) in [6, 6.07) is 0. The second kappa shape index (κ2) is 2.87. The van der Waals surface area contributed by atoms with Crippen LogP contribution in [0.5, 0.6) is 0 Å². The Morgan fingerprint density at radius 2 is 2.20 bits per heavy atom. The van der Waals surface area contributed by atoms with E-state index in [0.717, 1.165) is 0 Å². The van der Waals surface area contributed by atoms with Crippen LogP contribution >= 0.6 is 0 Å². The van der Waals surface area contributed by atoms with E-state index in [0.29, 0.717) is 5.92 Å². The molecule has 0 aromatic heterocycles. The zero-order valence-corrected chi connectivity index (χ0v) is 6.56. The molecule has 0 spiro atoms. The summed E-state index contributed by atoms with van der Waals surface area (Å²) >= 11 is 0. The summed E-state index contributed by atoms with van der Waals surface area (Å²) in [5.41, 5.74) is 2.85. The van der Waals surface area contributed by atoms with Gasteiger partial charge >= 0.3 is 0 Å². The Morgan fingerprint density at radius 1 is 1.50 bits per heavy atom. The van der Waals surface area contributed by atoms with Crippen molar-refractivity contribution >= 4 is 0 Å². The molecular formula is C10H14. The van der Waals surface area contributed by atoms with Crippen LogP contribution < -0.4 is 0 Å². The Hall–Kier alpha value is -0.780. The van der Waals surface area contributed by atoms with E-state index >= 15 is 0 Å². The third-order valence-corrected chi connectivity index (χ3v) is 2.24. The van der Waals surface area contributed by atoms with Crippen LogP contribution in [0.15, 0.2) is 36.5 Å². The first kappa shape index (κ1) is 7.33. The summed E-state index contributed by atoms with van der Waals surface area (Å²) in [5.74, 6) is 0.595. The SMILES string of the molecule is C=C/C=C1/CCC(=C)C1C. The highest BCUT2D eigenvalue weighted by Crippen LogP contribution is 2.34. The molecule has 1 aliphatic rings. The molecule has 1 fully saturated rings. The Bertz CT molecular complexity index is 184. The van der Waals surface area contributed by atoms with Gasteiger partial charge in [-0.1, -0.05) is 43.4 Å². The summed E-state index contributed by atoms with van der Waals surface area (Å²) in [7, 11) is 0. The second-order valence-electron chi connectivity index (χ2n) is 2.86. The molecule has 0 aromatic carbocycles. The number of rotatable bonds is 1. The van der Waals surface area contributed by atoms with Gasteiger partial charge in [0.1, 0.15) is 0 Å². The van der Waals surface area contributed by atoms with Gasteiger partial charge in [0.05, 0.1) is 0 Å². The van der Waals surface area contributed by atoms with Gasteiger partial charge in [-0.2, -0.15) is 0 Å². The molecule has 0 N–H and O–H groups in total. The molecule has 10 heavy (non-hydrogen) atoms. The molecule has 54 valence electrons. The molecule has 0 bridgehead atoms. The molecule has 0 heterocycles. The molecule has 0 saturated heterocycles. The molecule has 0 aliphatic heterocycles. The maximum Gasteiger partial charge on any atom is -0.00208 e. The minimum Gasteiger partial charge on any atom is -0.0993 e. The van der Waals surface area contributed by atoms with E-state index in [2.05, 4.69) is 26.2 Å². The van der Waals surface area contributed by atoms with E-state index in [1.807, 2.05) is 6.08 Å². The fourth-order valence-electron chi connectivity index (χ4n) is 1.38. The lowest BCUT2D eigenvalue weighted by Crippen LogP contribution is -1.89. The second-order valence-corrected chi connectivity index (χ2v) is 2.86. The summed E-state index contributed by atoms with van der Waals surface area (Å²) in [6.07, 6.45) is 6.33. The number of hydrogen-bond donors (Lipinski definition) is 0. The molecule has 1 saturated carbocycles. The van der Waals surface area contributed by atoms with Crippen molar-refractivity contribution in [3.05, 3.63) is 36.5 Å². The molecular weight excluding hydrogens is 120 g/mol. The van der Waals surface area contributed by atoms with Gasteiger partial charge in [-0.25, -0.2) is 0 Å². The molecule has 1 unspecified atom stereocenters. The molecule has 0 aromatic rings. The van der Waals surface area contributed by atoms with Crippen LogP contribution in [0.25, 0.3) is 0 Å². The van der Waals surface area contributed by atoms with E-state index < -0.39 is 0 Å². The Balaban J connectivity index is 2.74. The Morgan fingerprint density at radius 3 is 2.60 bits per heavy atom. The van der Waals surface area contributed by atoms with E-state index in [1.54, 1.807) is 0 Å². The van der Waals surface area contributed by atoms with Gasteiger partial charge in [0.15, 0.2) is 0 Å². The standard InChI is InChI=1S/C10H14/c1-4-5-10-7-6-8(2)9(10)3/h4-5,9H,1-2,6-7H2,3H3/b10-5-. The van der Waals surface area contributed by atoms with Crippen LogP contribution in [0.1, 0.15) is 19.8 Å². The molecule has 0 heteroatoms. The van der Waals surface area contributed by atoms with Crippen LogP contribution in [0.3, 0.4) is 0 Å². The predicted molar refractivity (Wildman–Crippen MR) is 45.8 cm³/mol. The van der Waals surface area contributed by atoms with Crippen LogP contribution in [0.2, 0.25) is 0 Å². The maximum atomic E-state index is 3.99. The van der Waals surface area contributed by atoms with E-state index in [9.17, 15) is 0 Å². The maximum absolute atomic E-state index is 3.99. The van der Waals surface area contributed by atoms with Gasteiger partial charge in [0, 0.05) is 0 Å². The highest BCUT2D eigenvalue weighted by Gasteiger charge is 2.18. The fourth-order valence-corrected chi connectivity index (χ4v) is 1.38. The van der Waals surface area contributed by atoms with Gasteiger partial charge in [-0.05, 0) is 18.8 Å². The highest BCUT2D eigenvalue weighted by atomic mass is 14.2. The largest absolute Gasteiger partial charge is 0.0993 e. The van der Waals surface area contributed by atoms with Crippen molar-refractivity contribution in [3.8, 4) is 0 Å². The lowest BCUT2D eigenvalue weighted by Gasteiger charge is -2.03. The van der Waals surface area contributed by atoms with Crippen LogP contribution in [0, 0.1) is 5.92 Å². The van der Waals surface area contributed by atoms with E-state index in [-0.39, 0.29) is 0 Å². The first-order valence-corrected chi connectivity index (χ1v) is 3.75. The zero-order valence-electron chi connectivity index (χ0n) is 6.56. The van der Waals surface area contributed by atoms with Gasteiger partial charge < -0.3 is 0 Å². The lowest BCUT2D eigenvalue weighted by atomic mass is 10.0. The average molecular weight is 134 g/mol. The first-order valence-electron chi connectivity index (χ1n) is 3.75. The minimum absolute atomic E-state index is 0.595. The van der Waals surface area contributed by atoms with Crippen molar-refractivity contribution in [2.75, 3.05) is 0 Å². The summed E-state index contributed by atoms with van der Waals surface area (Å²) < 4.78 is 0. The van der Waals surface area contributed by atoms with Crippen molar-refractivity contribution in [3.63, 3.8) is 0 Å². The topological polar surface area (TPSA) is 0 Å². The predicted octanol–water partition coefficient (Wildman–Crippen LogP) is 3.08. The Labute approximate surface area is 62.9 Å². The molecule has 1 aliphatic carbocycles. The van der Waals surface area contributed by atoms with Gasteiger partial charge in [-0.15, -0.1) is 0 Å². The van der Waals surface area contributed by atoms with Crippen molar-refractivity contribution < 1.29 is 0 Å². The van der Waals surface area contributed by atoms with Crippen LogP contribution in [-0.2, 0) is 0 Å². The van der Waals surface area contributed by atoms with Gasteiger partial charge in [0.25, 0.3) is 0 Å².